The van der Waals surface area contributed by atoms with E-state index in [1.54, 1.807) is 32.0 Å². The van der Waals surface area contributed by atoms with Crippen LogP contribution in [0, 0.1) is 5.41 Å². The van der Waals surface area contributed by atoms with E-state index in [1.807, 2.05) is 19.9 Å². The van der Waals surface area contributed by atoms with Crippen molar-refractivity contribution in [3.8, 4) is 5.75 Å². The van der Waals surface area contributed by atoms with Crippen molar-refractivity contribution in [3.05, 3.63) is 42.0 Å². The summed E-state index contributed by atoms with van der Waals surface area (Å²) < 4.78 is 47.3. The molecule has 0 aliphatic carbocycles. The summed E-state index contributed by atoms with van der Waals surface area (Å²) in [6.45, 7) is 7.01. The van der Waals surface area contributed by atoms with Gasteiger partial charge >= 0.3 is 6.18 Å². The summed E-state index contributed by atoms with van der Waals surface area (Å²) in [5.41, 5.74) is 1.59. The zero-order chi connectivity index (χ0) is 20.0. The van der Waals surface area contributed by atoms with Crippen molar-refractivity contribution in [2.75, 3.05) is 6.54 Å². The summed E-state index contributed by atoms with van der Waals surface area (Å²) in [5.74, 6) is 0.193. The molecule has 2 aromatic rings. The third-order valence-corrected chi connectivity index (χ3v) is 4.57. The van der Waals surface area contributed by atoms with Crippen LogP contribution >= 0.6 is 0 Å². The number of hydrogen-bond acceptors (Lipinski definition) is 3. The molecule has 1 saturated heterocycles. The van der Waals surface area contributed by atoms with Gasteiger partial charge in [-0.25, -0.2) is 5.01 Å². The van der Waals surface area contributed by atoms with Gasteiger partial charge in [-0.15, -0.1) is 0 Å². The Labute approximate surface area is 156 Å². The van der Waals surface area contributed by atoms with Gasteiger partial charge in [0.05, 0.1) is 11.5 Å². The number of benzene rings is 2. The Bertz CT molecular complexity index is 862. The molecule has 1 atom stereocenters. The van der Waals surface area contributed by atoms with Crippen molar-refractivity contribution in [1.82, 2.24) is 10.4 Å². The second-order valence-electron chi connectivity index (χ2n) is 7.83. The third-order valence-electron chi connectivity index (χ3n) is 4.57. The van der Waals surface area contributed by atoms with Gasteiger partial charge in [-0.05, 0) is 62.2 Å². The summed E-state index contributed by atoms with van der Waals surface area (Å²) in [5, 5.41) is 2.46. The van der Waals surface area contributed by atoms with E-state index in [0.717, 1.165) is 10.4 Å². The third kappa shape index (κ3) is 4.03. The summed E-state index contributed by atoms with van der Waals surface area (Å²) in [6.07, 6.45) is -4.57. The number of nitrogens with zero attached hydrogens (tertiary/aromatic N) is 1. The smallest absolute Gasteiger partial charge is 0.409 e. The lowest BCUT2D eigenvalue weighted by atomic mass is 9.93. The zero-order valence-electron chi connectivity index (χ0n) is 15.7. The summed E-state index contributed by atoms with van der Waals surface area (Å²) >= 11 is 0. The maximum absolute atomic E-state index is 13.9. The van der Waals surface area contributed by atoms with Crippen LogP contribution in [0.4, 0.5) is 13.2 Å². The van der Waals surface area contributed by atoms with E-state index in [0.29, 0.717) is 11.1 Å². The lowest BCUT2D eigenvalue weighted by Crippen LogP contribution is -2.43. The molecule has 7 heteroatoms. The molecule has 0 unspecified atom stereocenters. The number of carbonyl (C=O) groups is 1. The molecule has 4 nitrogen and oxygen atoms in total. The molecular formula is C20H23F3N2O2. The van der Waals surface area contributed by atoms with Crippen LogP contribution in [0.2, 0.25) is 0 Å². The number of halogens is 3. The van der Waals surface area contributed by atoms with Crippen LogP contribution in [-0.2, 0) is 4.79 Å². The SMILES string of the molecule is CC(C)Oc1ccc2ccc([C@H](N3CC(C)(C)C(=O)N3)C(F)(F)F)cc2c1. The standard InChI is InChI=1S/C20H23F3N2O2/c1-12(2)27-16-8-7-13-5-6-14(9-15(13)10-16)17(20(21,22)23)25-11-19(3,4)18(26)24-25/h5-10,12,17H,11H2,1-4H3,(H,24,26)/t17-/m0/s1. The number of ether oxygens (including phenoxy) is 1. The molecule has 146 valence electrons. The van der Waals surface area contributed by atoms with Gasteiger partial charge < -0.3 is 4.74 Å². The highest BCUT2D eigenvalue weighted by Crippen LogP contribution is 2.41. The van der Waals surface area contributed by atoms with Gasteiger partial charge in [0, 0.05) is 6.54 Å². The predicted octanol–water partition coefficient (Wildman–Crippen LogP) is 4.60. The fraction of sp³-hybridized carbons (Fsp3) is 0.450. The number of carbonyl (C=O) groups excluding carboxylic acids is 1. The summed E-state index contributed by atoms with van der Waals surface area (Å²) in [7, 11) is 0. The maximum Gasteiger partial charge on any atom is 0.409 e. The van der Waals surface area contributed by atoms with Crippen molar-refractivity contribution < 1.29 is 22.7 Å². The van der Waals surface area contributed by atoms with E-state index < -0.39 is 23.5 Å². The Kier molecular flexibility index (Phi) is 4.84. The van der Waals surface area contributed by atoms with Gasteiger partial charge in [-0.3, -0.25) is 10.2 Å². The van der Waals surface area contributed by atoms with Crippen LogP contribution in [0.25, 0.3) is 10.8 Å². The number of rotatable bonds is 4. The van der Waals surface area contributed by atoms with Crippen molar-refractivity contribution in [2.24, 2.45) is 5.41 Å². The monoisotopic (exact) mass is 380 g/mol. The van der Waals surface area contributed by atoms with Crippen LogP contribution in [0.1, 0.15) is 39.3 Å². The van der Waals surface area contributed by atoms with Crippen LogP contribution < -0.4 is 10.2 Å². The highest BCUT2D eigenvalue weighted by molar-refractivity contribution is 5.85. The first kappa shape index (κ1) is 19.5. The predicted molar refractivity (Wildman–Crippen MR) is 97.1 cm³/mol. The van der Waals surface area contributed by atoms with Crippen molar-refractivity contribution in [1.29, 1.82) is 0 Å². The molecule has 1 N–H and O–H groups in total. The second kappa shape index (κ2) is 6.71. The van der Waals surface area contributed by atoms with Gasteiger partial charge in [0.25, 0.3) is 0 Å². The molecule has 0 radical (unpaired) electrons. The molecule has 1 amide bonds. The molecule has 1 aliphatic rings. The maximum atomic E-state index is 13.9. The zero-order valence-corrected chi connectivity index (χ0v) is 15.7. The average molecular weight is 380 g/mol. The van der Waals surface area contributed by atoms with Crippen LogP contribution in [0.15, 0.2) is 36.4 Å². The van der Waals surface area contributed by atoms with E-state index in [4.69, 9.17) is 4.74 Å². The fourth-order valence-corrected chi connectivity index (χ4v) is 3.28. The van der Waals surface area contributed by atoms with Gasteiger partial charge in [-0.2, -0.15) is 13.2 Å². The molecule has 1 fully saturated rings. The van der Waals surface area contributed by atoms with E-state index >= 15 is 0 Å². The minimum Gasteiger partial charge on any atom is -0.491 e. The Morgan fingerprint density at radius 2 is 1.78 bits per heavy atom. The molecule has 3 rings (SSSR count). The lowest BCUT2D eigenvalue weighted by Gasteiger charge is -2.30. The molecule has 2 aromatic carbocycles. The molecule has 0 aromatic heterocycles. The quantitative estimate of drug-likeness (QED) is 0.843. The van der Waals surface area contributed by atoms with Crippen LogP contribution in [0.3, 0.4) is 0 Å². The summed E-state index contributed by atoms with van der Waals surface area (Å²) in [6, 6.07) is 8.07. The number of alkyl halides is 3. The van der Waals surface area contributed by atoms with E-state index in [-0.39, 0.29) is 18.2 Å². The van der Waals surface area contributed by atoms with Crippen molar-refractivity contribution >= 4 is 16.7 Å². The number of hydrazine groups is 1. The highest BCUT2D eigenvalue weighted by Gasteiger charge is 2.51. The Morgan fingerprint density at radius 3 is 2.33 bits per heavy atom. The van der Waals surface area contributed by atoms with Gasteiger partial charge in [0.15, 0.2) is 0 Å². The Balaban J connectivity index is 2.02. The van der Waals surface area contributed by atoms with Crippen molar-refractivity contribution in [2.45, 2.75) is 46.0 Å². The minimum atomic E-state index is -4.53. The highest BCUT2D eigenvalue weighted by atomic mass is 19.4. The molecular weight excluding hydrogens is 357 g/mol. The lowest BCUT2D eigenvalue weighted by molar-refractivity contribution is -0.191. The topological polar surface area (TPSA) is 41.6 Å². The molecule has 1 aliphatic heterocycles. The summed E-state index contributed by atoms with van der Waals surface area (Å²) in [4.78, 5) is 12.0. The fourth-order valence-electron chi connectivity index (χ4n) is 3.28. The first-order valence-electron chi connectivity index (χ1n) is 8.82. The number of nitrogens with one attached hydrogen (secondary N) is 1. The second-order valence-corrected chi connectivity index (χ2v) is 7.83. The molecule has 0 bridgehead atoms. The number of fused-ring (bicyclic) bond motifs is 1. The minimum absolute atomic E-state index is 0.0233. The molecule has 0 spiro atoms. The van der Waals surface area contributed by atoms with Crippen LogP contribution in [-0.4, -0.2) is 29.7 Å². The Morgan fingerprint density at radius 1 is 1.11 bits per heavy atom. The van der Waals surface area contributed by atoms with Crippen molar-refractivity contribution in [3.63, 3.8) is 0 Å². The first-order valence-corrected chi connectivity index (χ1v) is 8.82. The van der Waals surface area contributed by atoms with Gasteiger partial charge in [0.2, 0.25) is 5.91 Å². The average Bonchev–Trinajstić information content (AvgIpc) is 2.77. The molecule has 0 saturated carbocycles. The Hall–Kier alpha value is -2.28. The molecule has 1 heterocycles. The van der Waals surface area contributed by atoms with E-state index in [9.17, 15) is 18.0 Å². The van der Waals surface area contributed by atoms with E-state index in [1.165, 1.54) is 12.1 Å². The number of amides is 1. The van der Waals surface area contributed by atoms with Crippen LogP contribution in [0.5, 0.6) is 5.75 Å². The van der Waals surface area contributed by atoms with Gasteiger partial charge in [-0.1, -0.05) is 18.2 Å². The number of hydrogen-bond donors (Lipinski definition) is 1. The molecule has 27 heavy (non-hydrogen) atoms. The first-order chi connectivity index (χ1) is 12.5. The van der Waals surface area contributed by atoms with E-state index in [2.05, 4.69) is 5.43 Å². The van der Waals surface area contributed by atoms with Gasteiger partial charge in [0.1, 0.15) is 11.8 Å². The normalized spacial score (nSPS) is 18.7. The largest absolute Gasteiger partial charge is 0.491 e.